The fourth-order valence-electron chi connectivity index (χ4n) is 3.78. The third kappa shape index (κ3) is 4.61. The van der Waals surface area contributed by atoms with Crippen molar-refractivity contribution < 1.29 is 4.79 Å². The molecule has 1 amide bonds. The average Bonchev–Trinajstić information content (AvgIpc) is 2.73. The molecule has 0 aliphatic carbocycles. The van der Waals surface area contributed by atoms with Gasteiger partial charge in [0.2, 0.25) is 0 Å². The molecule has 0 bridgehead atoms. The molecule has 0 aromatic heterocycles. The predicted molar refractivity (Wildman–Crippen MR) is 114 cm³/mol. The summed E-state index contributed by atoms with van der Waals surface area (Å²) in [5, 5.41) is 12.2. The molecular weight excluding hydrogens is 346 g/mol. The zero-order valence-electron chi connectivity index (χ0n) is 17.7. The van der Waals surface area contributed by atoms with Gasteiger partial charge in [-0.25, -0.2) is 0 Å². The minimum absolute atomic E-state index is 0.108. The summed E-state index contributed by atoms with van der Waals surface area (Å²) in [5.74, 6) is 0.396. The van der Waals surface area contributed by atoms with E-state index in [2.05, 4.69) is 30.4 Å². The van der Waals surface area contributed by atoms with Gasteiger partial charge in [0.25, 0.3) is 5.91 Å². The van der Waals surface area contributed by atoms with Gasteiger partial charge in [-0.1, -0.05) is 45.0 Å². The van der Waals surface area contributed by atoms with E-state index in [0.717, 1.165) is 29.7 Å². The van der Waals surface area contributed by atoms with Crippen LogP contribution >= 0.6 is 0 Å². The Morgan fingerprint density at radius 3 is 2.43 bits per heavy atom. The SMILES string of the molecule is CC.CCc1cc(C)c2c(c1)C(CNC)CN(Cc1ccc(C#N)cc1)C2=O. The third-order valence-electron chi connectivity index (χ3n) is 5.12. The van der Waals surface area contributed by atoms with Gasteiger partial charge < -0.3 is 10.2 Å². The van der Waals surface area contributed by atoms with E-state index < -0.39 is 0 Å². The number of aryl methyl sites for hydroxylation is 2. The zero-order valence-corrected chi connectivity index (χ0v) is 17.7. The van der Waals surface area contributed by atoms with Crippen LogP contribution in [0.5, 0.6) is 0 Å². The molecule has 2 aromatic carbocycles. The Hall–Kier alpha value is -2.64. The molecule has 4 heteroatoms. The maximum absolute atomic E-state index is 13.2. The lowest BCUT2D eigenvalue weighted by atomic mass is 9.84. The molecule has 0 radical (unpaired) electrons. The van der Waals surface area contributed by atoms with Crippen LogP contribution in [-0.4, -0.2) is 30.9 Å². The normalized spacial score (nSPS) is 15.4. The fraction of sp³-hybridized carbons (Fsp3) is 0.417. The average molecular weight is 378 g/mol. The van der Waals surface area contributed by atoms with Gasteiger partial charge in [0.1, 0.15) is 0 Å². The van der Waals surface area contributed by atoms with Crippen molar-refractivity contribution in [2.24, 2.45) is 0 Å². The van der Waals surface area contributed by atoms with Crippen molar-refractivity contribution in [3.05, 3.63) is 69.8 Å². The van der Waals surface area contributed by atoms with E-state index in [1.54, 1.807) is 0 Å². The number of fused-ring (bicyclic) bond motifs is 1. The predicted octanol–water partition coefficient (Wildman–Crippen LogP) is 4.41. The topological polar surface area (TPSA) is 56.1 Å². The molecule has 1 heterocycles. The molecule has 1 aliphatic heterocycles. The van der Waals surface area contributed by atoms with Crippen LogP contribution in [0.25, 0.3) is 0 Å². The summed E-state index contributed by atoms with van der Waals surface area (Å²) >= 11 is 0. The Morgan fingerprint density at radius 1 is 1.18 bits per heavy atom. The van der Waals surface area contributed by atoms with Crippen molar-refractivity contribution in [3.63, 3.8) is 0 Å². The van der Waals surface area contributed by atoms with Gasteiger partial charge in [0, 0.05) is 31.1 Å². The minimum atomic E-state index is 0.108. The number of nitrogens with one attached hydrogen (secondary N) is 1. The van der Waals surface area contributed by atoms with Gasteiger partial charge in [-0.2, -0.15) is 5.26 Å². The molecular formula is C24H31N3O. The number of nitriles is 1. The molecule has 3 rings (SSSR count). The lowest BCUT2D eigenvalue weighted by Crippen LogP contribution is -2.42. The molecule has 148 valence electrons. The van der Waals surface area contributed by atoms with E-state index in [1.807, 2.05) is 57.0 Å². The van der Waals surface area contributed by atoms with Gasteiger partial charge in [-0.05, 0) is 54.8 Å². The number of carbonyl (C=O) groups excluding carboxylic acids is 1. The number of benzene rings is 2. The van der Waals surface area contributed by atoms with Crippen molar-refractivity contribution in [1.82, 2.24) is 10.2 Å². The number of amides is 1. The van der Waals surface area contributed by atoms with Gasteiger partial charge in [0.15, 0.2) is 0 Å². The number of hydrogen-bond donors (Lipinski definition) is 1. The highest BCUT2D eigenvalue weighted by Crippen LogP contribution is 2.32. The van der Waals surface area contributed by atoms with Gasteiger partial charge in [-0.15, -0.1) is 0 Å². The lowest BCUT2D eigenvalue weighted by Gasteiger charge is -2.35. The fourth-order valence-corrected chi connectivity index (χ4v) is 3.78. The zero-order chi connectivity index (χ0) is 20.7. The molecule has 28 heavy (non-hydrogen) atoms. The summed E-state index contributed by atoms with van der Waals surface area (Å²) in [7, 11) is 1.96. The van der Waals surface area contributed by atoms with E-state index >= 15 is 0 Å². The summed E-state index contributed by atoms with van der Waals surface area (Å²) in [5.41, 5.74) is 6.08. The molecule has 4 nitrogen and oxygen atoms in total. The molecule has 1 aliphatic rings. The minimum Gasteiger partial charge on any atom is -0.334 e. The first-order chi connectivity index (χ1) is 13.6. The smallest absolute Gasteiger partial charge is 0.254 e. The monoisotopic (exact) mass is 377 g/mol. The molecule has 1 unspecified atom stereocenters. The van der Waals surface area contributed by atoms with Crippen molar-refractivity contribution in [3.8, 4) is 6.07 Å². The quantitative estimate of drug-likeness (QED) is 0.839. The molecule has 1 atom stereocenters. The second-order valence-electron chi connectivity index (χ2n) is 6.98. The first-order valence-corrected chi connectivity index (χ1v) is 10.1. The summed E-state index contributed by atoms with van der Waals surface area (Å²) < 4.78 is 0. The van der Waals surface area contributed by atoms with Crippen LogP contribution < -0.4 is 5.32 Å². The molecule has 0 fully saturated rings. The maximum atomic E-state index is 13.2. The highest BCUT2D eigenvalue weighted by molar-refractivity contribution is 5.98. The van der Waals surface area contributed by atoms with Crippen molar-refractivity contribution in [2.75, 3.05) is 20.1 Å². The second-order valence-corrected chi connectivity index (χ2v) is 6.98. The summed E-state index contributed by atoms with van der Waals surface area (Å²) in [6, 6.07) is 14.0. The van der Waals surface area contributed by atoms with E-state index in [-0.39, 0.29) is 11.8 Å². The molecule has 0 spiro atoms. The van der Waals surface area contributed by atoms with Gasteiger partial charge >= 0.3 is 0 Å². The highest BCUT2D eigenvalue weighted by atomic mass is 16.2. The van der Waals surface area contributed by atoms with Crippen LogP contribution in [0, 0.1) is 18.3 Å². The number of rotatable bonds is 5. The Morgan fingerprint density at radius 2 is 1.86 bits per heavy atom. The van der Waals surface area contributed by atoms with Crippen LogP contribution in [0.15, 0.2) is 36.4 Å². The van der Waals surface area contributed by atoms with Crippen molar-refractivity contribution >= 4 is 5.91 Å². The largest absolute Gasteiger partial charge is 0.334 e. The highest BCUT2D eigenvalue weighted by Gasteiger charge is 2.32. The standard InChI is InChI=1S/C22H25N3O.C2H6/c1-4-16-9-15(2)21-20(10-16)19(12-24-3)14-25(22(21)26)13-18-7-5-17(11-23)6-8-18;1-2/h5-10,19,24H,4,12-14H2,1-3H3;1-2H3. The van der Waals surface area contributed by atoms with Crippen LogP contribution in [0.2, 0.25) is 0 Å². The van der Waals surface area contributed by atoms with E-state index in [9.17, 15) is 4.79 Å². The Bertz CT molecular complexity index is 849. The maximum Gasteiger partial charge on any atom is 0.254 e. The van der Waals surface area contributed by atoms with Crippen LogP contribution in [-0.2, 0) is 13.0 Å². The molecule has 2 aromatic rings. The summed E-state index contributed by atoms with van der Waals surface area (Å²) in [6.45, 7) is 10.3. The van der Waals surface area contributed by atoms with Gasteiger partial charge in [0.05, 0.1) is 11.6 Å². The first-order valence-electron chi connectivity index (χ1n) is 10.1. The molecule has 0 saturated heterocycles. The van der Waals surface area contributed by atoms with Crippen LogP contribution in [0.3, 0.4) is 0 Å². The van der Waals surface area contributed by atoms with E-state index in [1.165, 1.54) is 11.1 Å². The second kappa shape index (κ2) is 10.1. The first kappa shape index (κ1) is 21.7. The molecule has 1 N–H and O–H groups in total. The summed E-state index contributed by atoms with van der Waals surface area (Å²) in [6.07, 6.45) is 0.976. The number of nitrogens with zero attached hydrogens (tertiary/aromatic N) is 2. The number of carbonyl (C=O) groups is 1. The third-order valence-corrected chi connectivity index (χ3v) is 5.12. The summed E-state index contributed by atoms with van der Waals surface area (Å²) in [4.78, 5) is 15.1. The molecule has 0 saturated carbocycles. The van der Waals surface area contributed by atoms with Crippen molar-refractivity contribution in [2.45, 2.75) is 46.6 Å². The number of likely N-dealkylation sites (N-methyl/N-ethyl adjacent to an activating group) is 1. The van der Waals surface area contributed by atoms with E-state index in [4.69, 9.17) is 5.26 Å². The van der Waals surface area contributed by atoms with Crippen LogP contribution in [0.1, 0.15) is 64.9 Å². The Kier molecular flexibility index (Phi) is 7.78. The Labute approximate surface area is 169 Å². The van der Waals surface area contributed by atoms with E-state index in [0.29, 0.717) is 18.7 Å². The lowest BCUT2D eigenvalue weighted by molar-refractivity contribution is 0.0706. The Balaban J connectivity index is 0.00000136. The van der Waals surface area contributed by atoms with Crippen LogP contribution in [0.4, 0.5) is 0 Å². The van der Waals surface area contributed by atoms with Crippen molar-refractivity contribution in [1.29, 1.82) is 5.26 Å². The van der Waals surface area contributed by atoms with Gasteiger partial charge in [-0.3, -0.25) is 4.79 Å². The number of hydrogen-bond acceptors (Lipinski definition) is 3.